The first-order valence-electron chi connectivity index (χ1n) is 7.45. The van der Waals surface area contributed by atoms with E-state index in [2.05, 4.69) is 53.7 Å². The molecule has 1 aromatic carbocycles. The van der Waals surface area contributed by atoms with Crippen LogP contribution < -0.4 is 4.57 Å². The molecule has 2 nitrogen and oxygen atoms in total. The second kappa shape index (κ2) is 5.18. The second-order valence-electron chi connectivity index (χ2n) is 7.67. The van der Waals surface area contributed by atoms with Crippen LogP contribution in [0.2, 0.25) is 0 Å². The quantitative estimate of drug-likeness (QED) is 0.777. The maximum atomic E-state index is 10.7. The van der Waals surface area contributed by atoms with Crippen molar-refractivity contribution in [3.05, 3.63) is 53.9 Å². The summed E-state index contributed by atoms with van der Waals surface area (Å²) < 4.78 is 1.97. The highest BCUT2D eigenvalue weighted by atomic mass is 16.3. The minimum atomic E-state index is -0.102. The number of pyridine rings is 1. The summed E-state index contributed by atoms with van der Waals surface area (Å²) in [6, 6.07) is 10.2. The summed E-state index contributed by atoms with van der Waals surface area (Å²) in [6.07, 6.45) is 3.93. The lowest BCUT2D eigenvalue weighted by Gasteiger charge is -2.26. The average Bonchev–Trinajstić information content (AvgIpc) is 2.37. The van der Waals surface area contributed by atoms with Gasteiger partial charge in [-0.25, -0.2) is 0 Å². The number of hydrogen-bond acceptors (Lipinski definition) is 1. The van der Waals surface area contributed by atoms with Crippen LogP contribution in [-0.2, 0) is 10.8 Å². The summed E-state index contributed by atoms with van der Waals surface area (Å²) in [5.74, 6) is 0.367. The largest absolute Gasteiger partial charge is 0.502 e. The van der Waals surface area contributed by atoms with E-state index in [4.69, 9.17) is 0 Å². The van der Waals surface area contributed by atoms with Gasteiger partial charge in [-0.3, -0.25) is 0 Å². The third-order valence-corrected chi connectivity index (χ3v) is 3.76. The van der Waals surface area contributed by atoms with Crippen molar-refractivity contribution < 1.29 is 9.67 Å². The fourth-order valence-electron chi connectivity index (χ4n) is 2.38. The number of phenolic OH excluding ortho intramolecular Hbond substituents is 1. The predicted octanol–water partition coefficient (Wildman–Crippen LogP) is 4.26. The molecule has 112 valence electrons. The Morgan fingerprint density at radius 3 is 1.86 bits per heavy atom. The maximum Gasteiger partial charge on any atom is 0.253 e. The standard InChI is InChI=1S/C19H25NO/c1-18(2,3)14-12-15(19(4,5)6)17(21)16(13-14)20-10-8-7-9-11-20/h7-13H,1-6H3/p+1. The van der Waals surface area contributed by atoms with E-state index in [1.807, 2.05) is 35.2 Å². The number of aromatic hydroxyl groups is 1. The maximum absolute atomic E-state index is 10.7. The molecular formula is C19H26NO+. The number of phenols is 1. The number of hydrogen-bond donors (Lipinski definition) is 1. The topological polar surface area (TPSA) is 24.1 Å². The summed E-state index contributed by atoms with van der Waals surface area (Å²) in [5.41, 5.74) is 3.00. The minimum Gasteiger partial charge on any atom is -0.502 e. The Kier molecular flexibility index (Phi) is 3.83. The van der Waals surface area contributed by atoms with E-state index < -0.39 is 0 Å². The van der Waals surface area contributed by atoms with Crippen molar-refractivity contribution in [2.24, 2.45) is 0 Å². The lowest BCUT2D eigenvalue weighted by molar-refractivity contribution is -0.596. The molecule has 0 unspecified atom stereocenters. The van der Waals surface area contributed by atoms with Crippen LogP contribution >= 0.6 is 0 Å². The summed E-state index contributed by atoms with van der Waals surface area (Å²) in [5, 5.41) is 10.7. The highest BCUT2D eigenvalue weighted by molar-refractivity contribution is 5.52. The molecule has 0 radical (unpaired) electrons. The zero-order valence-corrected chi connectivity index (χ0v) is 13.9. The van der Waals surface area contributed by atoms with Crippen LogP contribution in [-0.4, -0.2) is 5.11 Å². The smallest absolute Gasteiger partial charge is 0.253 e. The number of benzene rings is 1. The molecule has 0 spiro atoms. The predicted molar refractivity (Wildman–Crippen MR) is 87.0 cm³/mol. The highest BCUT2D eigenvalue weighted by Gasteiger charge is 2.28. The third-order valence-electron chi connectivity index (χ3n) is 3.76. The third kappa shape index (κ3) is 3.26. The van der Waals surface area contributed by atoms with Gasteiger partial charge >= 0.3 is 0 Å². The summed E-state index contributed by atoms with van der Waals surface area (Å²) in [4.78, 5) is 0. The van der Waals surface area contributed by atoms with E-state index in [1.165, 1.54) is 5.56 Å². The van der Waals surface area contributed by atoms with Gasteiger partial charge in [-0.2, -0.15) is 4.57 Å². The lowest BCUT2D eigenvalue weighted by atomic mass is 9.79. The van der Waals surface area contributed by atoms with Gasteiger partial charge < -0.3 is 5.11 Å². The monoisotopic (exact) mass is 284 g/mol. The van der Waals surface area contributed by atoms with Crippen LogP contribution in [0.25, 0.3) is 5.69 Å². The number of nitrogens with zero attached hydrogens (tertiary/aromatic N) is 1. The van der Waals surface area contributed by atoms with Crippen LogP contribution in [0.5, 0.6) is 5.75 Å². The normalized spacial score (nSPS) is 12.5. The number of rotatable bonds is 1. The summed E-state index contributed by atoms with van der Waals surface area (Å²) >= 11 is 0. The van der Waals surface area contributed by atoms with Crippen molar-refractivity contribution in [3.8, 4) is 11.4 Å². The van der Waals surface area contributed by atoms with Crippen molar-refractivity contribution in [1.82, 2.24) is 0 Å². The molecule has 0 saturated heterocycles. The molecule has 1 N–H and O–H groups in total. The van der Waals surface area contributed by atoms with Crippen LogP contribution in [0.3, 0.4) is 0 Å². The summed E-state index contributed by atoms with van der Waals surface area (Å²) in [6.45, 7) is 13.0. The van der Waals surface area contributed by atoms with Gasteiger partial charge in [0.15, 0.2) is 18.1 Å². The second-order valence-corrected chi connectivity index (χ2v) is 7.67. The Hall–Kier alpha value is -1.83. The molecule has 0 amide bonds. The van der Waals surface area contributed by atoms with E-state index in [9.17, 15) is 5.11 Å². The lowest BCUT2D eigenvalue weighted by Crippen LogP contribution is -2.31. The van der Waals surface area contributed by atoms with Crippen molar-refractivity contribution in [1.29, 1.82) is 0 Å². The summed E-state index contributed by atoms with van der Waals surface area (Å²) in [7, 11) is 0. The Labute approximate surface area is 128 Å². The molecule has 0 saturated carbocycles. The van der Waals surface area contributed by atoms with Gasteiger partial charge in [0.1, 0.15) is 0 Å². The van der Waals surface area contributed by atoms with Crippen molar-refractivity contribution in [2.45, 2.75) is 52.4 Å². The van der Waals surface area contributed by atoms with Crippen molar-refractivity contribution in [2.75, 3.05) is 0 Å². The first-order valence-corrected chi connectivity index (χ1v) is 7.45. The molecule has 0 bridgehead atoms. The molecule has 2 aromatic rings. The Bertz CT molecular complexity index is 631. The van der Waals surface area contributed by atoms with Gasteiger partial charge in [-0.15, -0.1) is 0 Å². The molecule has 21 heavy (non-hydrogen) atoms. The molecule has 1 heterocycles. The Balaban J connectivity index is 2.76. The van der Waals surface area contributed by atoms with E-state index in [-0.39, 0.29) is 10.8 Å². The molecule has 1 aromatic heterocycles. The molecular weight excluding hydrogens is 258 g/mol. The van der Waals surface area contributed by atoms with Crippen molar-refractivity contribution >= 4 is 0 Å². The minimum absolute atomic E-state index is 0.0395. The zero-order valence-electron chi connectivity index (χ0n) is 13.9. The van der Waals surface area contributed by atoms with Gasteiger partial charge in [0.25, 0.3) is 5.69 Å². The van der Waals surface area contributed by atoms with Crippen LogP contribution in [0, 0.1) is 0 Å². The first-order chi connectivity index (χ1) is 9.60. The first kappa shape index (κ1) is 15.6. The van der Waals surface area contributed by atoms with E-state index in [1.54, 1.807) is 0 Å². The van der Waals surface area contributed by atoms with Gasteiger partial charge in [0.05, 0.1) is 0 Å². The fraction of sp³-hybridized carbons (Fsp3) is 0.421. The Morgan fingerprint density at radius 2 is 1.38 bits per heavy atom. The number of aromatic nitrogens is 1. The highest BCUT2D eigenvalue weighted by Crippen LogP contribution is 2.37. The SMILES string of the molecule is CC(C)(C)c1cc(-[n+]2ccccc2)c(O)c(C(C)(C)C)c1. The molecule has 2 rings (SSSR count). The van der Waals surface area contributed by atoms with Gasteiger partial charge in [-0.1, -0.05) is 53.7 Å². The molecule has 2 heteroatoms. The van der Waals surface area contributed by atoms with Crippen LogP contribution in [0.4, 0.5) is 0 Å². The van der Waals surface area contributed by atoms with Gasteiger partial charge in [-0.05, 0) is 16.4 Å². The molecule has 0 aliphatic carbocycles. The van der Waals surface area contributed by atoms with Gasteiger partial charge in [0.2, 0.25) is 0 Å². The van der Waals surface area contributed by atoms with E-state index >= 15 is 0 Å². The zero-order chi connectivity index (χ0) is 15.8. The van der Waals surface area contributed by atoms with Crippen LogP contribution in [0.1, 0.15) is 52.7 Å². The van der Waals surface area contributed by atoms with E-state index in [0.717, 1.165) is 11.3 Å². The Morgan fingerprint density at radius 1 is 0.810 bits per heavy atom. The molecule has 0 aliphatic heterocycles. The van der Waals surface area contributed by atoms with Gasteiger partial charge in [0, 0.05) is 23.8 Å². The average molecular weight is 284 g/mol. The molecule has 0 atom stereocenters. The van der Waals surface area contributed by atoms with Crippen LogP contribution in [0.15, 0.2) is 42.7 Å². The molecule has 0 fully saturated rings. The fourth-order valence-corrected chi connectivity index (χ4v) is 2.38. The van der Waals surface area contributed by atoms with Crippen molar-refractivity contribution in [3.63, 3.8) is 0 Å². The molecule has 0 aliphatic rings. The van der Waals surface area contributed by atoms with E-state index in [0.29, 0.717) is 5.75 Å².